The van der Waals surface area contributed by atoms with Crippen LogP contribution >= 0.6 is 22.3 Å². The van der Waals surface area contributed by atoms with Crippen molar-refractivity contribution in [3.8, 4) is 0 Å². The summed E-state index contributed by atoms with van der Waals surface area (Å²) in [7, 11) is 1.25. The quantitative estimate of drug-likeness (QED) is 0.871. The van der Waals surface area contributed by atoms with Gasteiger partial charge in [0.05, 0.1) is 12.3 Å². The molecule has 94 valence electrons. The van der Waals surface area contributed by atoms with Gasteiger partial charge in [-0.15, -0.1) is 0 Å². The minimum Gasteiger partial charge on any atom is -0.450 e. The average Bonchev–Trinajstić information content (AvgIpc) is 2.15. The molecule has 0 saturated carbocycles. The largest absolute Gasteiger partial charge is 0.450 e. The molecular formula is C9H9Cl2NO4S. The summed E-state index contributed by atoms with van der Waals surface area (Å²) in [5, 5.41) is 2.51. The molecule has 0 saturated heterocycles. The number of rotatable bonds is 3. The Morgan fingerprint density at radius 2 is 2.12 bits per heavy atom. The predicted octanol–water partition coefficient (Wildman–Crippen LogP) is 2.84. The standard InChI is InChI=1S/C9H9Cl2NO4S/c1-2-16-9(13)12-7-5-6(10)3-4-8(7)17(11,14)15/h3-5H,2H2,1H3,(H,12,13). The second-order valence-corrected chi connectivity index (χ2v) is 5.89. The summed E-state index contributed by atoms with van der Waals surface area (Å²) < 4.78 is 27.1. The fraction of sp³-hybridized carbons (Fsp3) is 0.222. The molecule has 0 heterocycles. The minimum atomic E-state index is -3.97. The molecule has 1 aromatic carbocycles. The number of hydrogen-bond acceptors (Lipinski definition) is 4. The van der Waals surface area contributed by atoms with Crippen molar-refractivity contribution in [3.05, 3.63) is 23.2 Å². The molecule has 1 aromatic rings. The van der Waals surface area contributed by atoms with Crippen LogP contribution in [0.25, 0.3) is 0 Å². The normalized spacial score (nSPS) is 11.0. The van der Waals surface area contributed by atoms with Crippen molar-refractivity contribution in [1.29, 1.82) is 0 Å². The summed E-state index contributed by atoms with van der Waals surface area (Å²) in [5.74, 6) is 0. The first-order valence-electron chi connectivity index (χ1n) is 4.52. The molecule has 0 radical (unpaired) electrons. The van der Waals surface area contributed by atoms with E-state index in [0.29, 0.717) is 0 Å². The van der Waals surface area contributed by atoms with Crippen molar-refractivity contribution in [2.45, 2.75) is 11.8 Å². The molecular weight excluding hydrogens is 289 g/mol. The first kappa shape index (κ1) is 14.1. The summed E-state index contributed by atoms with van der Waals surface area (Å²) in [6, 6.07) is 3.83. The van der Waals surface area contributed by atoms with Crippen molar-refractivity contribution in [2.24, 2.45) is 0 Å². The second-order valence-electron chi connectivity index (χ2n) is 2.92. The molecule has 0 unspecified atom stereocenters. The predicted molar refractivity (Wildman–Crippen MR) is 65.1 cm³/mol. The molecule has 0 aliphatic rings. The highest BCUT2D eigenvalue weighted by molar-refractivity contribution is 8.13. The van der Waals surface area contributed by atoms with Gasteiger partial charge in [-0.2, -0.15) is 0 Å². The van der Waals surface area contributed by atoms with Crippen LogP contribution in [0, 0.1) is 0 Å². The van der Waals surface area contributed by atoms with E-state index in [1.807, 2.05) is 0 Å². The third kappa shape index (κ3) is 4.07. The van der Waals surface area contributed by atoms with Gasteiger partial charge in [-0.25, -0.2) is 13.2 Å². The monoisotopic (exact) mass is 297 g/mol. The van der Waals surface area contributed by atoms with E-state index in [9.17, 15) is 13.2 Å². The molecule has 0 bridgehead atoms. The highest BCUT2D eigenvalue weighted by Gasteiger charge is 2.17. The lowest BCUT2D eigenvalue weighted by molar-refractivity contribution is 0.168. The lowest BCUT2D eigenvalue weighted by Crippen LogP contribution is -2.15. The van der Waals surface area contributed by atoms with E-state index in [2.05, 4.69) is 10.1 Å². The molecule has 0 aromatic heterocycles. The molecule has 0 spiro atoms. The number of anilines is 1. The Morgan fingerprint density at radius 3 is 2.65 bits per heavy atom. The summed E-state index contributed by atoms with van der Waals surface area (Å²) in [5.41, 5.74) is -0.0223. The van der Waals surface area contributed by atoms with Crippen LogP contribution in [0.5, 0.6) is 0 Å². The summed E-state index contributed by atoms with van der Waals surface area (Å²) in [4.78, 5) is 10.9. The van der Waals surface area contributed by atoms with E-state index >= 15 is 0 Å². The van der Waals surface area contributed by atoms with Gasteiger partial charge in [0.2, 0.25) is 0 Å². The van der Waals surface area contributed by atoms with Crippen LogP contribution in [0.2, 0.25) is 5.02 Å². The second kappa shape index (κ2) is 5.57. The number of nitrogens with one attached hydrogen (secondary N) is 1. The van der Waals surface area contributed by atoms with E-state index in [1.54, 1.807) is 6.92 Å². The van der Waals surface area contributed by atoms with Crippen molar-refractivity contribution in [3.63, 3.8) is 0 Å². The highest BCUT2D eigenvalue weighted by atomic mass is 35.7. The van der Waals surface area contributed by atoms with Crippen molar-refractivity contribution < 1.29 is 17.9 Å². The summed E-state index contributed by atoms with van der Waals surface area (Å²) in [6.45, 7) is 1.78. The van der Waals surface area contributed by atoms with Gasteiger partial charge >= 0.3 is 6.09 Å². The molecule has 1 rings (SSSR count). The maximum Gasteiger partial charge on any atom is 0.411 e. The van der Waals surface area contributed by atoms with Crippen molar-refractivity contribution in [1.82, 2.24) is 0 Å². The smallest absolute Gasteiger partial charge is 0.411 e. The zero-order valence-electron chi connectivity index (χ0n) is 8.74. The average molecular weight is 298 g/mol. The Labute approximate surface area is 108 Å². The van der Waals surface area contributed by atoms with Crippen LogP contribution in [-0.4, -0.2) is 21.1 Å². The lowest BCUT2D eigenvalue weighted by Gasteiger charge is -2.09. The highest BCUT2D eigenvalue weighted by Crippen LogP contribution is 2.27. The van der Waals surface area contributed by atoms with E-state index in [4.69, 9.17) is 22.3 Å². The Kier molecular flexibility index (Phi) is 4.62. The maximum atomic E-state index is 11.2. The van der Waals surface area contributed by atoms with Gasteiger partial charge in [-0.05, 0) is 25.1 Å². The van der Waals surface area contributed by atoms with E-state index in [1.165, 1.54) is 18.2 Å². The summed E-state index contributed by atoms with van der Waals surface area (Å²) in [6.07, 6.45) is -0.781. The SMILES string of the molecule is CCOC(=O)Nc1cc(Cl)ccc1S(=O)(=O)Cl. The Bertz CT molecular complexity index is 530. The van der Waals surface area contributed by atoms with Gasteiger partial charge in [0.15, 0.2) is 0 Å². The zero-order valence-corrected chi connectivity index (χ0v) is 11.1. The Balaban J connectivity index is 3.13. The van der Waals surface area contributed by atoms with Gasteiger partial charge in [0.25, 0.3) is 9.05 Å². The molecule has 0 atom stereocenters. The van der Waals surface area contributed by atoms with Gasteiger partial charge < -0.3 is 4.74 Å². The van der Waals surface area contributed by atoms with Crippen LogP contribution in [0.15, 0.2) is 23.1 Å². The number of hydrogen-bond donors (Lipinski definition) is 1. The minimum absolute atomic E-state index is 0.0223. The number of benzene rings is 1. The number of carbonyl (C=O) groups is 1. The van der Waals surface area contributed by atoms with Gasteiger partial charge in [0, 0.05) is 15.7 Å². The molecule has 1 N–H and O–H groups in total. The molecule has 0 aliphatic heterocycles. The Hall–Kier alpha value is -0.980. The molecule has 0 fully saturated rings. The van der Waals surface area contributed by atoms with Crippen molar-refractivity contribution in [2.75, 3.05) is 11.9 Å². The number of carbonyl (C=O) groups excluding carboxylic acids is 1. The number of ether oxygens (including phenoxy) is 1. The van der Waals surface area contributed by atoms with Gasteiger partial charge in [0.1, 0.15) is 4.90 Å². The van der Waals surface area contributed by atoms with Crippen LogP contribution < -0.4 is 5.32 Å². The zero-order chi connectivity index (χ0) is 13.1. The fourth-order valence-corrected chi connectivity index (χ4v) is 2.27. The van der Waals surface area contributed by atoms with E-state index in [-0.39, 0.29) is 22.2 Å². The molecule has 17 heavy (non-hydrogen) atoms. The topological polar surface area (TPSA) is 72.5 Å². The molecule has 0 aliphatic carbocycles. The van der Waals surface area contributed by atoms with Crippen molar-refractivity contribution >= 4 is 43.1 Å². The maximum absolute atomic E-state index is 11.2. The Morgan fingerprint density at radius 1 is 1.47 bits per heavy atom. The van der Waals surface area contributed by atoms with Crippen LogP contribution in [0.4, 0.5) is 10.5 Å². The molecule has 5 nitrogen and oxygen atoms in total. The van der Waals surface area contributed by atoms with E-state index < -0.39 is 15.1 Å². The van der Waals surface area contributed by atoms with Gasteiger partial charge in [-0.1, -0.05) is 11.6 Å². The lowest BCUT2D eigenvalue weighted by atomic mass is 10.3. The molecule has 1 amide bonds. The first-order valence-corrected chi connectivity index (χ1v) is 7.21. The third-order valence-electron chi connectivity index (χ3n) is 1.72. The van der Waals surface area contributed by atoms with Gasteiger partial charge in [-0.3, -0.25) is 5.32 Å². The number of halogens is 2. The van der Waals surface area contributed by atoms with Crippen LogP contribution in [0.3, 0.4) is 0 Å². The molecule has 8 heteroatoms. The van der Waals surface area contributed by atoms with E-state index in [0.717, 1.165) is 0 Å². The van der Waals surface area contributed by atoms with Crippen LogP contribution in [-0.2, 0) is 13.8 Å². The van der Waals surface area contributed by atoms with Crippen LogP contribution in [0.1, 0.15) is 6.92 Å². The fourth-order valence-electron chi connectivity index (χ4n) is 1.09. The number of amides is 1. The first-order chi connectivity index (χ1) is 7.84. The third-order valence-corrected chi connectivity index (χ3v) is 3.33. The summed E-state index contributed by atoms with van der Waals surface area (Å²) >= 11 is 5.70.